The molecule has 15 heavy (non-hydrogen) atoms. The predicted octanol–water partition coefficient (Wildman–Crippen LogP) is 3.43. The van der Waals surface area contributed by atoms with Crippen LogP contribution in [0.1, 0.15) is 19.4 Å². The first kappa shape index (κ1) is 11.1. The molecule has 0 N–H and O–H groups in total. The van der Waals surface area contributed by atoms with Crippen LogP contribution >= 0.6 is 15.9 Å². The molecule has 82 valence electrons. The molecule has 1 aliphatic heterocycles. The summed E-state index contributed by atoms with van der Waals surface area (Å²) in [7, 11) is 0. The molecule has 0 radical (unpaired) electrons. The van der Waals surface area contributed by atoms with Gasteiger partial charge in [0.25, 0.3) is 0 Å². The third-order valence-electron chi connectivity index (χ3n) is 2.69. The number of hydrogen-bond donors (Lipinski definition) is 0. The van der Waals surface area contributed by atoms with Crippen molar-refractivity contribution < 1.29 is 4.39 Å². The third-order valence-corrected chi connectivity index (χ3v) is 3.30. The number of halogens is 2. The van der Waals surface area contributed by atoms with E-state index < -0.39 is 0 Å². The fourth-order valence-corrected chi connectivity index (χ4v) is 2.60. The van der Waals surface area contributed by atoms with Crippen molar-refractivity contribution >= 4 is 15.9 Å². The van der Waals surface area contributed by atoms with E-state index in [-0.39, 0.29) is 5.82 Å². The molecule has 0 amide bonds. The molecule has 0 saturated carbocycles. The Labute approximate surface area is 98.4 Å². The number of benzene rings is 1. The van der Waals surface area contributed by atoms with Crippen LogP contribution in [0.5, 0.6) is 0 Å². The molecule has 1 heterocycles. The Morgan fingerprint density at radius 1 is 1.40 bits per heavy atom. The van der Waals surface area contributed by atoms with Crippen LogP contribution in [0.3, 0.4) is 0 Å². The Morgan fingerprint density at radius 3 is 2.60 bits per heavy atom. The highest BCUT2D eigenvalue weighted by atomic mass is 79.9. The molecular weight excluding hydrogens is 257 g/mol. The van der Waals surface area contributed by atoms with E-state index in [1.807, 2.05) is 12.1 Å². The fourth-order valence-electron chi connectivity index (χ4n) is 2.17. The molecule has 0 bridgehead atoms. The predicted molar refractivity (Wildman–Crippen MR) is 63.2 cm³/mol. The molecule has 0 aliphatic carbocycles. The lowest BCUT2D eigenvalue weighted by molar-refractivity contribution is 0.0242. The number of rotatable bonds is 2. The third kappa shape index (κ3) is 2.58. The van der Waals surface area contributed by atoms with Crippen LogP contribution in [-0.2, 0) is 6.54 Å². The lowest BCUT2D eigenvalue weighted by atomic mass is 9.84. The van der Waals surface area contributed by atoms with Gasteiger partial charge in [0.1, 0.15) is 5.82 Å². The van der Waals surface area contributed by atoms with Crippen molar-refractivity contribution in [3.8, 4) is 0 Å². The van der Waals surface area contributed by atoms with Gasteiger partial charge in [0, 0.05) is 19.6 Å². The van der Waals surface area contributed by atoms with Gasteiger partial charge in [-0.05, 0) is 39.0 Å². The highest BCUT2D eigenvalue weighted by molar-refractivity contribution is 9.10. The van der Waals surface area contributed by atoms with E-state index in [9.17, 15) is 4.39 Å². The van der Waals surface area contributed by atoms with Crippen molar-refractivity contribution in [1.82, 2.24) is 4.90 Å². The van der Waals surface area contributed by atoms with Gasteiger partial charge in [-0.1, -0.05) is 19.9 Å². The molecule has 1 fully saturated rings. The molecule has 0 atom stereocenters. The van der Waals surface area contributed by atoms with Crippen LogP contribution in [0.15, 0.2) is 22.7 Å². The second kappa shape index (κ2) is 3.87. The minimum atomic E-state index is -0.192. The summed E-state index contributed by atoms with van der Waals surface area (Å²) < 4.78 is 13.5. The van der Waals surface area contributed by atoms with Crippen LogP contribution in [-0.4, -0.2) is 18.0 Å². The summed E-state index contributed by atoms with van der Waals surface area (Å²) in [4.78, 5) is 2.37. The molecule has 1 nitrogen and oxygen atoms in total. The number of nitrogens with zero attached hydrogens (tertiary/aromatic N) is 1. The summed E-state index contributed by atoms with van der Waals surface area (Å²) >= 11 is 3.20. The smallest absolute Gasteiger partial charge is 0.137 e. The van der Waals surface area contributed by atoms with E-state index in [1.54, 1.807) is 0 Å². The Balaban J connectivity index is 1.98. The molecule has 0 spiro atoms. The van der Waals surface area contributed by atoms with E-state index in [1.165, 1.54) is 11.6 Å². The highest BCUT2D eigenvalue weighted by Crippen LogP contribution is 2.30. The zero-order valence-electron chi connectivity index (χ0n) is 9.06. The van der Waals surface area contributed by atoms with E-state index in [0.717, 1.165) is 19.6 Å². The second-order valence-corrected chi connectivity index (χ2v) is 5.91. The summed E-state index contributed by atoms with van der Waals surface area (Å²) in [5.41, 5.74) is 1.62. The number of hydrogen-bond acceptors (Lipinski definition) is 1. The zero-order valence-corrected chi connectivity index (χ0v) is 10.6. The zero-order chi connectivity index (χ0) is 11.1. The van der Waals surface area contributed by atoms with E-state index in [0.29, 0.717) is 9.89 Å². The minimum absolute atomic E-state index is 0.192. The SMILES string of the molecule is CC1(C)CN(Cc2ccc(F)c(Br)c2)C1. The van der Waals surface area contributed by atoms with Crippen LogP contribution < -0.4 is 0 Å². The van der Waals surface area contributed by atoms with Crippen LogP contribution in [0.2, 0.25) is 0 Å². The highest BCUT2D eigenvalue weighted by Gasteiger charge is 2.33. The minimum Gasteiger partial charge on any atom is -0.298 e. The molecule has 3 heteroatoms. The van der Waals surface area contributed by atoms with Gasteiger partial charge in [-0.3, -0.25) is 4.90 Å². The molecule has 1 aliphatic rings. The fraction of sp³-hybridized carbons (Fsp3) is 0.500. The Bertz CT molecular complexity index is 368. The average Bonchev–Trinajstić information content (AvgIpc) is 2.08. The molecule has 1 aromatic rings. The topological polar surface area (TPSA) is 3.24 Å². The van der Waals surface area contributed by atoms with Gasteiger partial charge in [0.05, 0.1) is 4.47 Å². The molecule has 0 aromatic heterocycles. The first-order valence-corrected chi connectivity index (χ1v) is 5.92. The monoisotopic (exact) mass is 271 g/mol. The largest absolute Gasteiger partial charge is 0.298 e. The van der Waals surface area contributed by atoms with Gasteiger partial charge >= 0.3 is 0 Å². The van der Waals surface area contributed by atoms with Gasteiger partial charge < -0.3 is 0 Å². The van der Waals surface area contributed by atoms with Crippen molar-refractivity contribution in [2.24, 2.45) is 5.41 Å². The van der Waals surface area contributed by atoms with Gasteiger partial charge in [-0.15, -0.1) is 0 Å². The quantitative estimate of drug-likeness (QED) is 0.797. The summed E-state index contributed by atoms with van der Waals surface area (Å²) in [6.45, 7) is 7.71. The van der Waals surface area contributed by atoms with Crippen molar-refractivity contribution in [2.75, 3.05) is 13.1 Å². The van der Waals surface area contributed by atoms with E-state index >= 15 is 0 Å². The van der Waals surface area contributed by atoms with Gasteiger partial charge in [0.15, 0.2) is 0 Å². The van der Waals surface area contributed by atoms with Crippen molar-refractivity contribution in [3.05, 3.63) is 34.1 Å². The van der Waals surface area contributed by atoms with Crippen LogP contribution in [0.25, 0.3) is 0 Å². The van der Waals surface area contributed by atoms with Crippen molar-refractivity contribution in [1.29, 1.82) is 0 Å². The maximum absolute atomic E-state index is 13.0. The Hall–Kier alpha value is -0.410. The lowest BCUT2D eigenvalue weighted by Crippen LogP contribution is -2.52. The van der Waals surface area contributed by atoms with Crippen LogP contribution in [0.4, 0.5) is 4.39 Å². The molecule has 0 unspecified atom stereocenters. The summed E-state index contributed by atoms with van der Waals surface area (Å²) in [5, 5.41) is 0. The van der Waals surface area contributed by atoms with E-state index in [2.05, 4.69) is 34.7 Å². The van der Waals surface area contributed by atoms with Gasteiger partial charge in [-0.25, -0.2) is 4.39 Å². The van der Waals surface area contributed by atoms with Crippen molar-refractivity contribution in [3.63, 3.8) is 0 Å². The van der Waals surface area contributed by atoms with Gasteiger partial charge in [0.2, 0.25) is 0 Å². The van der Waals surface area contributed by atoms with Gasteiger partial charge in [-0.2, -0.15) is 0 Å². The first-order chi connectivity index (χ1) is 6.96. The first-order valence-electron chi connectivity index (χ1n) is 5.13. The standard InChI is InChI=1S/C12H15BrFN/c1-12(2)7-15(8-12)6-9-3-4-11(14)10(13)5-9/h3-5H,6-8H2,1-2H3. The Kier molecular flexibility index (Phi) is 2.86. The normalized spacial score (nSPS) is 20.0. The lowest BCUT2D eigenvalue weighted by Gasteiger charge is -2.46. The second-order valence-electron chi connectivity index (χ2n) is 5.06. The summed E-state index contributed by atoms with van der Waals surface area (Å²) in [6, 6.07) is 5.23. The molecule has 1 saturated heterocycles. The number of likely N-dealkylation sites (tertiary alicyclic amines) is 1. The summed E-state index contributed by atoms with van der Waals surface area (Å²) in [5.74, 6) is -0.192. The average molecular weight is 272 g/mol. The molecule has 2 rings (SSSR count). The van der Waals surface area contributed by atoms with E-state index in [4.69, 9.17) is 0 Å². The maximum atomic E-state index is 13.0. The summed E-state index contributed by atoms with van der Waals surface area (Å²) in [6.07, 6.45) is 0. The molecular formula is C12H15BrFN. The van der Waals surface area contributed by atoms with Crippen molar-refractivity contribution in [2.45, 2.75) is 20.4 Å². The maximum Gasteiger partial charge on any atom is 0.137 e. The van der Waals surface area contributed by atoms with Crippen LogP contribution in [0, 0.1) is 11.2 Å². The molecule has 1 aromatic carbocycles. The Morgan fingerprint density at radius 2 is 2.07 bits per heavy atom.